The van der Waals surface area contributed by atoms with Crippen LogP contribution in [0.2, 0.25) is 0 Å². The summed E-state index contributed by atoms with van der Waals surface area (Å²) in [6.07, 6.45) is 0. The Morgan fingerprint density at radius 1 is 1.12 bits per heavy atom. The third-order valence-corrected chi connectivity index (χ3v) is 4.48. The molecule has 1 N–H and O–H groups in total. The van der Waals surface area contributed by atoms with Crippen molar-refractivity contribution in [2.45, 2.75) is 10.7 Å². The van der Waals surface area contributed by atoms with Crippen LogP contribution in [-0.4, -0.2) is 25.0 Å². The summed E-state index contributed by atoms with van der Waals surface area (Å²) in [6, 6.07) is 6.38. The summed E-state index contributed by atoms with van der Waals surface area (Å²) >= 11 is 0. The number of hydrogen-bond donors (Lipinski definition) is 1. The zero-order chi connectivity index (χ0) is 18.8. The number of nitro groups is 1. The lowest BCUT2D eigenvalue weighted by atomic mass is 10.2. The molecule has 0 aliphatic rings. The minimum absolute atomic E-state index is 0.0672. The van der Waals surface area contributed by atoms with Crippen molar-refractivity contribution >= 4 is 27.1 Å². The molecule has 0 heterocycles. The van der Waals surface area contributed by atoms with Gasteiger partial charge in [0.05, 0.1) is 9.82 Å². The van der Waals surface area contributed by atoms with E-state index in [0.29, 0.717) is 0 Å². The van der Waals surface area contributed by atoms with Crippen LogP contribution in [0, 0.1) is 15.9 Å². The Morgan fingerprint density at radius 3 is 2.24 bits per heavy atom. The summed E-state index contributed by atoms with van der Waals surface area (Å²) in [6.45, 7) is 0. The van der Waals surface area contributed by atoms with Crippen molar-refractivity contribution in [3.8, 4) is 0 Å². The summed E-state index contributed by atoms with van der Waals surface area (Å²) in [5, 5.41) is 12.9. The Kier molecular flexibility index (Phi) is 5.07. The molecule has 0 aromatic heterocycles. The molecular formula is C14H9F3N2O5S. The number of amides is 1. The molecule has 7 nitrogen and oxygen atoms in total. The molecule has 0 aliphatic heterocycles. The van der Waals surface area contributed by atoms with Crippen LogP contribution in [0.5, 0.6) is 0 Å². The van der Waals surface area contributed by atoms with Gasteiger partial charge in [0.1, 0.15) is 0 Å². The molecule has 2 aromatic rings. The topological polar surface area (TPSA) is 106 Å². The van der Waals surface area contributed by atoms with Crippen molar-refractivity contribution in [1.82, 2.24) is 0 Å². The van der Waals surface area contributed by atoms with E-state index < -0.39 is 42.8 Å². The molecule has 0 radical (unpaired) electrons. The van der Waals surface area contributed by atoms with Gasteiger partial charge in [-0.05, 0) is 36.4 Å². The molecule has 0 aliphatic carbocycles. The zero-order valence-corrected chi connectivity index (χ0v) is 13.0. The van der Waals surface area contributed by atoms with Crippen LogP contribution >= 0.6 is 0 Å². The highest BCUT2D eigenvalue weighted by Crippen LogP contribution is 2.23. The average molecular weight is 374 g/mol. The monoisotopic (exact) mass is 374 g/mol. The maximum absolute atomic E-state index is 13.2. The van der Waals surface area contributed by atoms with Gasteiger partial charge >= 0.3 is 11.4 Å². The third-order valence-electron chi connectivity index (χ3n) is 3.08. The molecule has 0 atom stereocenters. The van der Waals surface area contributed by atoms with Crippen LogP contribution in [0.25, 0.3) is 0 Å². The Morgan fingerprint density at radius 2 is 1.72 bits per heavy atom. The number of alkyl halides is 2. The van der Waals surface area contributed by atoms with E-state index in [2.05, 4.69) is 5.32 Å². The molecule has 25 heavy (non-hydrogen) atoms. The summed E-state index contributed by atoms with van der Waals surface area (Å²) in [7, 11) is -4.78. The van der Waals surface area contributed by atoms with Crippen molar-refractivity contribution in [3.63, 3.8) is 0 Å². The van der Waals surface area contributed by atoms with E-state index in [1.54, 1.807) is 0 Å². The standard InChI is InChI=1S/C14H9F3N2O5S/c15-11-6-3-9(7-12(11)19(21)22)18-13(20)8-1-4-10(5-2-8)25(23,24)14(16)17/h1-7,14H,(H,18,20). The Labute approximate surface area is 139 Å². The minimum atomic E-state index is -4.78. The van der Waals surface area contributed by atoms with Crippen LogP contribution in [0.15, 0.2) is 47.4 Å². The maximum atomic E-state index is 13.2. The van der Waals surface area contributed by atoms with Gasteiger partial charge in [0, 0.05) is 17.3 Å². The first-order chi connectivity index (χ1) is 11.6. The van der Waals surface area contributed by atoms with Gasteiger partial charge in [-0.2, -0.15) is 13.2 Å². The number of hydrogen-bond acceptors (Lipinski definition) is 5. The Hall–Kier alpha value is -2.95. The summed E-state index contributed by atoms with van der Waals surface area (Å²) in [5.41, 5.74) is -0.987. The molecule has 11 heteroatoms. The highest BCUT2D eigenvalue weighted by Gasteiger charge is 2.26. The number of carbonyl (C=O) groups excluding carboxylic acids is 1. The quantitative estimate of drug-likeness (QED) is 0.640. The molecule has 0 spiro atoms. The molecule has 0 saturated carbocycles. The van der Waals surface area contributed by atoms with Crippen molar-refractivity contribution in [2.24, 2.45) is 0 Å². The molecule has 0 fully saturated rings. The van der Waals surface area contributed by atoms with Gasteiger partial charge in [0.15, 0.2) is 0 Å². The number of sulfone groups is 1. The largest absolute Gasteiger partial charge is 0.341 e. The van der Waals surface area contributed by atoms with Gasteiger partial charge in [-0.3, -0.25) is 14.9 Å². The fraction of sp³-hybridized carbons (Fsp3) is 0.0714. The molecule has 132 valence electrons. The molecule has 1 amide bonds. The lowest BCUT2D eigenvalue weighted by molar-refractivity contribution is -0.387. The number of carbonyl (C=O) groups is 1. The van der Waals surface area contributed by atoms with Crippen LogP contribution in [-0.2, 0) is 9.84 Å². The van der Waals surface area contributed by atoms with E-state index in [4.69, 9.17) is 0 Å². The Bertz CT molecular complexity index is 930. The second kappa shape index (κ2) is 6.89. The van der Waals surface area contributed by atoms with E-state index in [1.807, 2.05) is 0 Å². The van der Waals surface area contributed by atoms with Crippen LogP contribution < -0.4 is 5.32 Å². The molecule has 0 saturated heterocycles. The Balaban J connectivity index is 2.22. The van der Waals surface area contributed by atoms with Crippen molar-refractivity contribution in [2.75, 3.05) is 5.32 Å². The van der Waals surface area contributed by atoms with Gasteiger partial charge in [0.2, 0.25) is 15.7 Å². The first-order valence-corrected chi connectivity index (χ1v) is 8.05. The van der Waals surface area contributed by atoms with E-state index in [-0.39, 0.29) is 11.3 Å². The molecule has 2 aromatic carbocycles. The average Bonchev–Trinajstić information content (AvgIpc) is 2.56. The van der Waals surface area contributed by atoms with Crippen molar-refractivity contribution in [3.05, 3.63) is 64.0 Å². The first-order valence-electron chi connectivity index (χ1n) is 6.50. The number of rotatable bonds is 5. The second-order valence-corrected chi connectivity index (χ2v) is 6.63. The number of nitrogens with zero attached hydrogens (tertiary/aromatic N) is 1. The fourth-order valence-corrected chi connectivity index (χ4v) is 2.55. The van der Waals surface area contributed by atoms with E-state index in [9.17, 15) is 36.5 Å². The third kappa shape index (κ3) is 3.94. The predicted octanol–water partition coefficient (Wildman–Crippen LogP) is 2.98. The van der Waals surface area contributed by atoms with Crippen molar-refractivity contribution < 1.29 is 31.3 Å². The summed E-state index contributed by atoms with van der Waals surface area (Å²) in [4.78, 5) is 21.0. The highest BCUT2D eigenvalue weighted by molar-refractivity contribution is 7.91. The molecule has 0 unspecified atom stereocenters. The number of anilines is 1. The van der Waals surface area contributed by atoms with Gasteiger partial charge in [-0.25, -0.2) is 8.42 Å². The van der Waals surface area contributed by atoms with E-state index >= 15 is 0 Å². The van der Waals surface area contributed by atoms with Crippen LogP contribution in [0.1, 0.15) is 10.4 Å². The van der Waals surface area contributed by atoms with Gasteiger partial charge in [-0.15, -0.1) is 0 Å². The maximum Gasteiger partial charge on any atom is 0.341 e. The van der Waals surface area contributed by atoms with Gasteiger partial charge in [0.25, 0.3) is 5.91 Å². The van der Waals surface area contributed by atoms with Gasteiger partial charge < -0.3 is 5.32 Å². The predicted molar refractivity (Wildman–Crippen MR) is 80.6 cm³/mol. The summed E-state index contributed by atoms with van der Waals surface area (Å²) < 4.78 is 60.7. The van der Waals surface area contributed by atoms with Crippen LogP contribution in [0.4, 0.5) is 24.5 Å². The first kappa shape index (κ1) is 18.4. The number of nitrogens with one attached hydrogen (secondary N) is 1. The van der Waals surface area contributed by atoms with Gasteiger partial charge in [-0.1, -0.05) is 0 Å². The molecule has 2 rings (SSSR count). The lowest BCUT2D eigenvalue weighted by Crippen LogP contribution is -2.14. The van der Waals surface area contributed by atoms with E-state index in [0.717, 1.165) is 42.5 Å². The summed E-state index contributed by atoms with van der Waals surface area (Å²) in [5.74, 6) is -5.46. The molecule has 0 bridgehead atoms. The number of nitro benzene ring substituents is 1. The normalized spacial score (nSPS) is 11.4. The van der Waals surface area contributed by atoms with Crippen LogP contribution in [0.3, 0.4) is 0 Å². The lowest BCUT2D eigenvalue weighted by Gasteiger charge is -2.07. The number of benzene rings is 2. The second-order valence-electron chi connectivity index (χ2n) is 4.71. The van der Waals surface area contributed by atoms with Crippen molar-refractivity contribution in [1.29, 1.82) is 0 Å². The SMILES string of the molecule is O=C(Nc1ccc(F)c([N+](=O)[O-])c1)c1ccc(S(=O)(=O)C(F)F)cc1. The van der Waals surface area contributed by atoms with E-state index in [1.165, 1.54) is 0 Å². The minimum Gasteiger partial charge on any atom is -0.322 e. The fourth-order valence-electron chi connectivity index (χ4n) is 1.83. The smallest absolute Gasteiger partial charge is 0.322 e. The molecular weight excluding hydrogens is 365 g/mol. The number of halogens is 3. The zero-order valence-electron chi connectivity index (χ0n) is 12.1. The highest BCUT2D eigenvalue weighted by atomic mass is 32.2.